The van der Waals surface area contributed by atoms with Crippen molar-refractivity contribution < 1.29 is 0 Å². The molecule has 0 amide bonds. The van der Waals surface area contributed by atoms with E-state index in [0.717, 1.165) is 20.9 Å². The van der Waals surface area contributed by atoms with Crippen molar-refractivity contribution in [3.63, 3.8) is 0 Å². The molecule has 5 heteroatoms. The van der Waals surface area contributed by atoms with E-state index >= 15 is 0 Å². The van der Waals surface area contributed by atoms with Gasteiger partial charge >= 0.3 is 0 Å². The van der Waals surface area contributed by atoms with Gasteiger partial charge in [0, 0.05) is 15.4 Å². The largest absolute Gasteiger partial charge is 0.310 e. The summed E-state index contributed by atoms with van der Waals surface area (Å²) in [6.45, 7) is 4.07. The van der Waals surface area contributed by atoms with Crippen molar-refractivity contribution in [2.45, 2.75) is 30.4 Å². The number of hydrogen-bond donors (Lipinski definition) is 1. The maximum atomic E-state index is 11.6. The number of aromatic nitrogens is 2. The predicted octanol–water partition coefficient (Wildman–Crippen LogP) is 3.95. The zero-order chi connectivity index (χ0) is 13.8. The van der Waals surface area contributed by atoms with Gasteiger partial charge in [-0.05, 0) is 24.1 Å². The van der Waals surface area contributed by atoms with Gasteiger partial charge in [0.25, 0.3) is 5.56 Å². The molecule has 1 N–H and O–H groups in total. The van der Waals surface area contributed by atoms with Crippen LogP contribution in [0.4, 0.5) is 0 Å². The number of benzene rings is 1. The summed E-state index contributed by atoms with van der Waals surface area (Å²) in [4.78, 5) is 20.0. The Labute approximate surface area is 125 Å². The maximum absolute atomic E-state index is 11.6. The molecule has 0 unspecified atom stereocenters. The molecule has 0 saturated heterocycles. The Morgan fingerprint density at radius 2 is 2.16 bits per heavy atom. The monoisotopic (exact) mass is 338 g/mol. The zero-order valence-corrected chi connectivity index (χ0v) is 13.2. The van der Waals surface area contributed by atoms with Crippen molar-refractivity contribution in [3.8, 4) is 0 Å². The van der Waals surface area contributed by atoms with E-state index in [1.807, 2.05) is 32.0 Å². The molecule has 1 aromatic heterocycles. The molecule has 100 valence electrons. The Kier molecular flexibility index (Phi) is 4.82. The third kappa shape index (κ3) is 4.21. The fourth-order valence-electron chi connectivity index (χ4n) is 1.60. The SMILES string of the molecule is CC(C)c1cc(=O)[nH]c(CSc2cccc(Br)c2)n1. The summed E-state index contributed by atoms with van der Waals surface area (Å²) in [5, 5.41) is 0. The highest BCUT2D eigenvalue weighted by molar-refractivity contribution is 9.10. The van der Waals surface area contributed by atoms with E-state index in [2.05, 4.69) is 32.0 Å². The van der Waals surface area contributed by atoms with E-state index in [-0.39, 0.29) is 11.5 Å². The van der Waals surface area contributed by atoms with Crippen LogP contribution in [0, 0.1) is 0 Å². The van der Waals surface area contributed by atoms with Gasteiger partial charge in [-0.1, -0.05) is 35.8 Å². The Morgan fingerprint density at radius 3 is 2.84 bits per heavy atom. The van der Waals surface area contributed by atoms with Crippen molar-refractivity contribution >= 4 is 27.7 Å². The molecule has 3 nitrogen and oxygen atoms in total. The van der Waals surface area contributed by atoms with Crippen molar-refractivity contribution in [2.24, 2.45) is 0 Å². The van der Waals surface area contributed by atoms with Crippen LogP contribution in [0.15, 0.2) is 44.5 Å². The van der Waals surface area contributed by atoms with Gasteiger partial charge < -0.3 is 4.98 Å². The molecule has 0 saturated carbocycles. The second-order valence-corrected chi connectivity index (χ2v) is 6.48. The Morgan fingerprint density at radius 1 is 1.37 bits per heavy atom. The van der Waals surface area contributed by atoms with Gasteiger partial charge in [0.05, 0.1) is 11.4 Å². The predicted molar refractivity (Wildman–Crippen MR) is 82.6 cm³/mol. The van der Waals surface area contributed by atoms with E-state index in [1.165, 1.54) is 0 Å². The Balaban J connectivity index is 2.13. The molecule has 0 aliphatic rings. The lowest BCUT2D eigenvalue weighted by Gasteiger charge is -2.07. The minimum atomic E-state index is -0.0801. The van der Waals surface area contributed by atoms with Gasteiger partial charge in [-0.2, -0.15) is 0 Å². The second kappa shape index (κ2) is 6.39. The van der Waals surface area contributed by atoms with Crippen LogP contribution in [-0.4, -0.2) is 9.97 Å². The van der Waals surface area contributed by atoms with Gasteiger partial charge in [-0.3, -0.25) is 4.79 Å². The van der Waals surface area contributed by atoms with Gasteiger partial charge in [0.15, 0.2) is 0 Å². The van der Waals surface area contributed by atoms with E-state index in [9.17, 15) is 4.79 Å². The van der Waals surface area contributed by atoms with E-state index in [0.29, 0.717) is 5.75 Å². The number of nitrogens with one attached hydrogen (secondary N) is 1. The summed E-state index contributed by atoms with van der Waals surface area (Å²) in [5.74, 6) is 1.64. The molecule has 0 spiro atoms. The first-order valence-corrected chi connectivity index (χ1v) is 7.81. The van der Waals surface area contributed by atoms with Crippen molar-refractivity contribution in [3.05, 3.63) is 56.7 Å². The highest BCUT2D eigenvalue weighted by Crippen LogP contribution is 2.24. The van der Waals surface area contributed by atoms with Crippen LogP contribution in [0.25, 0.3) is 0 Å². The lowest BCUT2D eigenvalue weighted by atomic mass is 10.1. The number of halogens is 1. The van der Waals surface area contributed by atoms with Crippen LogP contribution in [0.3, 0.4) is 0 Å². The van der Waals surface area contributed by atoms with Crippen LogP contribution < -0.4 is 5.56 Å². The van der Waals surface area contributed by atoms with Crippen LogP contribution in [0.5, 0.6) is 0 Å². The van der Waals surface area contributed by atoms with Gasteiger partial charge in [-0.25, -0.2) is 4.98 Å². The highest BCUT2D eigenvalue weighted by Gasteiger charge is 2.06. The zero-order valence-electron chi connectivity index (χ0n) is 10.8. The number of rotatable bonds is 4. The molecular weight excluding hydrogens is 324 g/mol. The first-order chi connectivity index (χ1) is 9.04. The molecule has 1 heterocycles. The molecule has 0 aliphatic heterocycles. The first kappa shape index (κ1) is 14.3. The smallest absolute Gasteiger partial charge is 0.251 e. The normalized spacial score (nSPS) is 10.9. The maximum Gasteiger partial charge on any atom is 0.251 e. The molecule has 2 rings (SSSR count). The summed E-state index contributed by atoms with van der Waals surface area (Å²) in [6, 6.07) is 9.64. The Bertz CT molecular complexity index is 625. The molecule has 0 aliphatic carbocycles. The van der Waals surface area contributed by atoms with Gasteiger partial charge in [0.2, 0.25) is 0 Å². The molecule has 0 atom stereocenters. The molecule has 0 bridgehead atoms. The average Bonchev–Trinajstić information content (AvgIpc) is 2.36. The fourth-order valence-corrected chi connectivity index (χ4v) is 2.98. The first-order valence-electron chi connectivity index (χ1n) is 6.03. The van der Waals surface area contributed by atoms with Crippen molar-refractivity contribution in [2.75, 3.05) is 0 Å². The van der Waals surface area contributed by atoms with Crippen LogP contribution in [0.1, 0.15) is 31.3 Å². The van der Waals surface area contributed by atoms with E-state index in [4.69, 9.17) is 0 Å². The minimum absolute atomic E-state index is 0.0801. The molecular formula is C14H15BrN2OS. The Hall–Kier alpha value is -1.07. The number of aromatic amines is 1. The number of hydrogen-bond acceptors (Lipinski definition) is 3. The van der Waals surface area contributed by atoms with Gasteiger partial charge in [-0.15, -0.1) is 11.8 Å². The lowest BCUT2D eigenvalue weighted by molar-refractivity contribution is 0.793. The standard InChI is InChI=1S/C14H15BrN2OS/c1-9(2)12-7-14(18)17-13(16-12)8-19-11-5-3-4-10(15)6-11/h3-7,9H,8H2,1-2H3,(H,16,17,18). The topological polar surface area (TPSA) is 45.8 Å². The lowest BCUT2D eigenvalue weighted by Crippen LogP contribution is -2.12. The van der Waals surface area contributed by atoms with Crippen LogP contribution in [-0.2, 0) is 5.75 Å². The third-order valence-electron chi connectivity index (χ3n) is 2.57. The van der Waals surface area contributed by atoms with Crippen LogP contribution >= 0.6 is 27.7 Å². The minimum Gasteiger partial charge on any atom is -0.310 e. The number of nitrogens with zero attached hydrogens (tertiary/aromatic N) is 1. The summed E-state index contributed by atoms with van der Waals surface area (Å²) >= 11 is 5.10. The molecule has 0 fully saturated rings. The summed E-state index contributed by atoms with van der Waals surface area (Å²) in [7, 11) is 0. The molecule has 0 radical (unpaired) electrons. The number of thioether (sulfide) groups is 1. The van der Waals surface area contributed by atoms with E-state index in [1.54, 1.807) is 17.8 Å². The summed E-state index contributed by atoms with van der Waals surface area (Å²) in [6.07, 6.45) is 0. The van der Waals surface area contributed by atoms with Crippen molar-refractivity contribution in [1.82, 2.24) is 9.97 Å². The van der Waals surface area contributed by atoms with Crippen LogP contribution in [0.2, 0.25) is 0 Å². The van der Waals surface area contributed by atoms with Crippen molar-refractivity contribution in [1.29, 1.82) is 0 Å². The molecule has 19 heavy (non-hydrogen) atoms. The summed E-state index contributed by atoms with van der Waals surface area (Å²) in [5.41, 5.74) is 0.761. The third-order valence-corrected chi connectivity index (χ3v) is 4.07. The quantitative estimate of drug-likeness (QED) is 0.858. The molecule has 2 aromatic rings. The summed E-state index contributed by atoms with van der Waals surface area (Å²) < 4.78 is 1.05. The number of H-pyrrole nitrogens is 1. The fraction of sp³-hybridized carbons (Fsp3) is 0.286. The molecule has 1 aromatic carbocycles. The van der Waals surface area contributed by atoms with E-state index < -0.39 is 0 Å². The average molecular weight is 339 g/mol. The van der Waals surface area contributed by atoms with Gasteiger partial charge in [0.1, 0.15) is 5.82 Å². The second-order valence-electron chi connectivity index (χ2n) is 4.52. The highest BCUT2D eigenvalue weighted by atomic mass is 79.9.